The smallest absolute Gasteiger partial charge is 0.416 e. The Hall–Kier alpha value is -4.48. The first-order chi connectivity index (χ1) is 15.8. The maximum Gasteiger partial charge on any atom is 0.416 e. The number of rotatable bonds is 6. The quantitative estimate of drug-likeness (QED) is 0.447. The Morgan fingerprint density at radius 1 is 1.03 bits per heavy atom. The maximum atomic E-state index is 13.1. The van der Waals surface area contributed by atoms with E-state index < -0.39 is 30.2 Å². The summed E-state index contributed by atoms with van der Waals surface area (Å²) in [4.78, 5) is 28.3. The van der Waals surface area contributed by atoms with Crippen LogP contribution in [0.5, 0.6) is 0 Å². The number of esters is 1. The van der Waals surface area contributed by atoms with E-state index in [4.69, 9.17) is 4.74 Å². The van der Waals surface area contributed by atoms with Crippen molar-refractivity contribution in [1.29, 1.82) is 0 Å². The summed E-state index contributed by atoms with van der Waals surface area (Å²) >= 11 is 0. The largest absolute Gasteiger partial charge is 0.452 e. The lowest BCUT2D eigenvalue weighted by atomic mass is 10.1. The minimum Gasteiger partial charge on any atom is -0.452 e. The van der Waals surface area contributed by atoms with Gasteiger partial charge in [0.05, 0.1) is 28.2 Å². The van der Waals surface area contributed by atoms with Crippen LogP contribution in [0.4, 0.5) is 18.9 Å². The molecule has 4 aromatic rings. The fourth-order valence-corrected chi connectivity index (χ4v) is 2.92. The molecule has 9 nitrogen and oxygen atoms in total. The number of ether oxygens (including phenoxy) is 1. The second-order valence-corrected chi connectivity index (χ2v) is 6.69. The minimum absolute atomic E-state index is 0.161. The van der Waals surface area contributed by atoms with E-state index in [-0.39, 0.29) is 16.9 Å². The summed E-state index contributed by atoms with van der Waals surface area (Å²) in [6, 6.07) is 10.8. The normalized spacial score (nSPS) is 11.2. The van der Waals surface area contributed by atoms with Crippen LogP contribution < -0.4 is 5.32 Å². The van der Waals surface area contributed by atoms with E-state index in [0.29, 0.717) is 0 Å². The van der Waals surface area contributed by atoms with Gasteiger partial charge in [0.25, 0.3) is 5.91 Å². The first-order valence-electron chi connectivity index (χ1n) is 9.44. The lowest BCUT2D eigenvalue weighted by Crippen LogP contribution is -2.22. The number of anilines is 1. The maximum absolute atomic E-state index is 13.1. The minimum atomic E-state index is -4.62. The van der Waals surface area contributed by atoms with Gasteiger partial charge in [-0.2, -0.15) is 23.4 Å². The van der Waals surface area contributed by atoms with Crippen LogP contribution in [0.25, 0.3) is 11.4 Å². The number of amides is 1. The van der Waals surface area contributed by atoms with Gasteiger partial charge in [0.2, 0.25) is 0 Å². The highest BCUT2D eigenvalue weighted by Crippen LogP contribution is 2.33. The van der Waals surface area contributed by atoms with E-state index in [1.54, 1.807) is 35.3 Å². The summed E-state index contributed by atoms with van der Waals surface area (Å²) in [6.45, 7) is -0.702. The first kappa shape index (κ1) is 21.7. The Balaban J connectivity index is 1.43. The van der Waals surface area contributed by atoms with Crippen molar-refractivity contribution in [3.8, 4) is 11.4 Å². The summed E-state index contributed by atoms with van der Waals surface area (Å²) in [5.41, 5.74) is -0.0502. The Morgan fingerprint density at radius 3 is 2.45 bits per heavy atom. The average molecular weight is 456 g/mol. The second kappa shape index (κ2) is 8.94. The van der Waals surface area contributed by atoms with Gasteiger partial charge in [-0.25, -0.2) is 19.1 Å². The molecule has 0 bridgehead atoms. The molecule has 0 aliphatic rings. The standard InChI is InChI=1S/C21H15F3N6O3/c22-21(23,24)15-4-7-18(30-13-25-12-27-30)17(10-15)28-19(31)11-33-20(32)14-2-5-16(6-3-14)29-9-1-8-26-29/h1-10,12-13H,11H2,(H,28,31). The molecule has 2 heterocycles. The fourth-order valence-electron chi connectivity index (χ4n) is 2.92. The van der Waals surface area contributed by atoms with Crippen molar-refractivity contribution in [2.75, 3.05) is 11.9 Å². The molecule has 0 aliphatic carbocycles. The summed E-state index contributed by atoms with van der Waals surface area (Å²) < 4.78 is 47.1. The molecule has 0 aliphatic heterocycles. The number of benzene rings is 2. The van der Waals surface area contributed by atoms with Crippen molar-refractivity contribution >= 4 is 17.6 Å². The van der Waals surface area contributed by atoms with Gasteiger partial charge in [0, 0.05) is 12.4 Å². The number of alkyl halides is 3. The highest BCUT2D eigenvalue weighted by Gasteiger charge is 2.31. The number of aromatic nitrogens is 5. The van der Waals surface area contributed by atoms with E-state index in [0.717, 1.165) is 23.9 Å². The number of carbonyl (C=O) groups excluding carboxylic acids is 2. The van der Waals surface area contributed by atoms with Gasteiger partial charge in [-0.3, -0.25) is 4.79 Å². The van der Waals surface area contributed by atoms with Crippen LogP contribution in [0.1, 0.15) is 15.9 Å². The van der Waals surface area contributed by atoms with Crippen LogP contribution in [0.2, 0.25) is 0 Å². The molecule has 12 heteroatoms. The molecule has 0 saturated heterocycles. The lowest BCUT2D eigenvalue weighted by Gasteiger charge is -2.14. The molecular formula is C21H15F3N6O3. The Bertz CT molecular complexity index is 1250. The van der Waals surface area contributed by atoms with Crippen molar-refractivity contribution in [3.63, 3.8) is 0 Å². The molecule has 2 aromatic carbocycles. The molecule has 33 heavy (non-hydrogen) atoms. The van der Waals surface area contributed by atoms with E-state index in [1.165, 1.54) is 29.5 Å². The van der Waals surface area contributed by atoms with Crippen molar-refractivity contribution in [2.24, 2.45) is 0 Å². The molecule has 1 N–H and O–H groups in total. The van der Waals surface area contributed by atoms with Gasteiger partial charge in [-0.15, -0.1) is 0 Å². The van der Waals surface area contributed by atoms with Crippen molar-refractivity contribution < 1.29 is 27.5 Å². The fraction of sp³-hybridized carbons (Fsp3) is 0.0952. The average Bonchev–Trinajstić information content (AvgIpc) is 3.51. The summed E-state index contributed by atoms with van der Waals surface area (Å²) in [5.74, 6) is -1.59. The van der Waals surface area contributed by atoms with E-state index in [9.17, 15) is 22.8 Å². The lowest BCUT2D eigenvalue weighted by molar-refractivity contribution is -0.137. The first-order valence-corrected chi connectivity index (χ1v) is 9.44. The molecule has 2 aromatic heterocycles. The molecule has 0 fully saturated rings. The zero-order chi connectivity index (χ0) is 23.4. The number of hydrogen-bond acceptors (Lipinski definition) is 6. The highest BCUT2D eigenvalue weighted by molar-refractivity contribution is 5.96. The molecule has 0 unspecified atom stereocenters. The molecule has 4 rings (SSSR count). The number of nitrogens with one attached hydrogen (secondary N) is 1. The Kier molecular flexibility index (Phi) is 5.89. The van der Waals surface area contributed by atoms with Crippen LogP contribution in [-0.2, 0) is 15.7 Å². The zero-order valence-corrected chi connectivity index (χ0v) is 16.7. The molecule has 0 radical (unpaired) electrons. The third-order valence-corrected chi connectivity index (χ3v) is 4.47. The summed E-state index contributed by atoms with van der Waals surface area (Å²) in [6.07, 6.45) is 1.20. The van der Waals surface area contributed by atoms with Crippen LogP contribution in [0, 0.1) is 0 Å². The van der Waals surface area contributed by atoms with Crippen LogP contribution in [0.15, 0.2) is 73.6 Å². The number of hydrogen-bond donors (Lipinski definition) is 1. The molecular weight excluding hydrogens is 441 g/mol. The summed E-state index contributed by atoms with van der Waals surface area (Å²) in [5, 5.41) is 10.3. The van der Waals surface area contributed by atoms with Gasteiger partial charge in [0.1, 0.15) is 12.7 Å². The predicted octanol–water partition coefficient (Wildman–Crippen LogP) is 3.27. The predicted molar refractivity (Wildman–Crippen MR) is 109 cm³/mol. The monoisotopic (exact) mass is 456 g/mol. The molecule has 1 amide bonds. The third kappa shape index (κ3) is 5.06. The molecule has 0 spiro atoms. The van der Waals surface area contributed by atoms with Crippen LogP contribution >= 0.6 is 0 Å². The Morgan fingerprint density at radius 2 is 1.82 bits per heavy atom. The van der Waals surface area contributed by atoms with Crippen molar-refractivity contribution in [1.82, 2.24) is 24.5 Å². The van der Waals surface area contributed by atoms with E-state index in [1.807, 2.05) is 0 Å². The number of nitrogens with zero attached hydrogens (tertiary/aromatic N) is 5. The topological polar surface area (TPSA) is 104 Å². The number of carbonyl (C=O) groups is 2. The van der Waals surface area contributed by atoms with Gasteiger partial charge in [-0.05, 0) is 48.5 Å². The SMILES string of the molecule is O=C(COC(=O)c1ccc(-n2cccn2)cc1)Nc1cc(C(F)(F)F)ccc1-n1cncn1. The van der Waals surface area contributed by atoms with Gasteiger partial charge >= 0.3 is 12.1 Å². The Labute approximate surface area is 184 Å². The van der Waals surface area contributed by atoms with Crippen LogP contribution in [-0.4, -0.2) is 43.0 Å². The highest BCUT2D eigenvalue weighted by atomic mass is 19.4. The van der Waals surface area contributed by atoms with Crippen LogP contribution in [0.3, 0.4) is 0 Å². The second-order valence-electron chi connectivity index (χ2n) is 6.69. The third-order valence-electron chi connectivity index (χ3n) is 4.47. The van der Waals surface area contributed by atoms with Crippen molar-refractivity contribution in [3.05, 3.63) is 84.7 Å². The molecule has 0 saturated carbocycles. The summed E-state index contributed by atoms with van der Waals surface area (Å²) in [7, 11) is 0. The van der Waals surface area contributed by atoms with Gasteiger partial charge in [0.15, 0.2) is 6.61 Å². The molecule has 168 valence electrons. The van der Waals surface area contributed by atoms with E-state index in [2.05, 4.69) is 20.5 Å². The number of halogens is 3. The van der Waals surface area contributed by atoms with Gasteiger partial charge < -0.3 is 10.1 Å². The molecule has 0 atom stereocenters. The van der Waals surface area contributed by atoms with Gasteiger partial charge in [-0.1, -0.05) is 0 Å². The van der Waals surface area contributed by atoms with Crippen molar-refractivity contribution in [2.45, 2.75) is 6.18 Å². The zero-order valence-electron chi connectivity index (χ0n) is 16.7. The van der Waals surface area contributed by atoms with E-state index >= 15 is 0 Å².